The number of amides is 1. The highest BCUT2D eigenvalue weighted by atomic mass is 19.1. The van der Waals surface area contributed by atoms with Crippen LogP contribution in [0.15, 0.2) is 42.5 Å². The van der Waals surface area contributed by atoms with Crippen molar-refractivity contribution in [1.82, 2.24) is 0 Å². The molecule has 0 aliphatic rings. The van der Waals surface area contributed by atoms with E-state index in [4.69, 9.17) is 5.73 Å². The van der Waals surface area contributed by atoms with Crippen LogP contribution in [-0.2, 0) is 11.2 Å². The van der Waals surface area contributed by atoms with Crippen molar-refractivity contribution in [3.63, 3.8) is 0 Å². The van der Waals surface area contributed by atoms with Crippen LogP contribution in [0.4, 0.5) is 10.1 Å². The molecule has 2 aromatic rings. The molecule has 21 heavy (non-hydrogen) atoms. The lowest BCUT2D eigenvalue weighted by molar-refractivity contribution is -0.117. The predicted octanol–water partition coefficient (Wildman–Crippen LogP) is 2.35. The average Bonchev–Trinajstić information content (AvgIpc) is 2.45. The maximum Gasteiger partial charge on any atom is 0.241 e. The minimum atomic E-state index is -0.751. The van der Waals surface area contributed by atoms with E-state index in [2.05, 4.69) is 5.32 Å². The van der Waals surface area contributed by atoms with E-state index in [0.29, 0.717) is 17.7 Å². The van der Waals surface area contributed by atoms with Gasteiger partial charge in [-0.2, -0.15) is 0 Å². The van der Waals surface area contributed by atoms with Gasteiger partial charge in [0.2, 0.25) is 5.91 Å². The molecule has 0 fully saturated rings. The molecule has 0 unspecified atom stereocenters. The SMILES string of the molecule is Cc1ccc(NC(=O)[C@H](N)Cc2ccc(O)cc2)cc1F. The van der Waals surface area contributed by atoms with Crippen LogP contribution in [0.3, 0.4) is 0 Å². The number of aryl methyl sites for hydroxylation is 1. The molecule has 0 aromatic heterocycles. The summed E-state index contributed by atoms with van der Waals surface area (Å²) in [6, 6.07) is 10.2. The molecule has 110 valence electrons. The Hall–Kier alpha value is -2.40. The van der Waals surface area contributed by atoms with Crippen molar-refractivity contribution in [3.05, 3.63) is 59.4 Å². The van der Waals surface area contributed by atoms with E-state index in [1.54, 1.807) is 31.2 Å². The Morgan fingerprint density at radius 1 is 1.29 bits per heavy atom. The van der Waals surface area contributed by atoms with Crippen LogP contribution in [0, 0.1) is 12.7 Å². The minimum Gasteiger partial charge on any atom is -0.508 e. The zero-order valence-electron chi connectivity index (χ0n) is 11.6. The molecule has 0 heterocycles. The van der Waals surface area contributed by atoms with Gasteiger partial charge in [0.25, 0.3) is 0 Å². The number of nitrogens with one attached hydrogen (secondary N) is 1. The van der Waals surface area contributed by atoms with Gasteiger partial charge in [-0.25, -0.2) is 4.39 Å². The smallest absolute Gasteiger partial charge is 0.241 e. The number of anilines is 1. The number of benzene rings is 2. The summed E-state index contributed by atoms with van der Waals surface area (Å²) in [5, 5.41) is 11.8. The second-order valence-electron chi connectivity index (χ2n) is 4.93. The van der Waals surface area contributed by atoms with E-state index in [1.165, 1.54) is 18.2 Å². The van der Waals surface area contributed by atoms with E-state index >= 15 is 0 Å². The molecule has 5 heteroatoms. The highest BCUT2D eigenvalue weighted by Crippen LogP contribution is 2.15. The zero-order chi connectivity index (χ0) is 15.4. The summed E-state index contributed by atoms with van der Waals surface area (Å²) in [7, 11) is 0. The van der Waals surface area contributed by atoms with Gasteiger partial charge in [-0.1, -0.05) is 18.2 Å². The Bertz CT molecular complexity index is 641. The fraction of sp³-hybridized carbons (Fsp3) is 0.188. The fourth-order valence-corrected chi connectivity index (χ4v) is 1.88. The Morgan fingerprint density at radius 3 is 2.57 bits per heavy atom. The molecular weight excluding hydrogens is 271 g/mol. The molecule has 0 aliphatic carbocycles. The predicted molar refractivity (Wildman–Crippen MR) is 79.6 cm³/mol. The summed E-state index contributed by atoms with van der Waals surface area (Å²) >= 11 is 0. The summed E-state index contributed by atoms with van der Waals surface area (Å²) in [4.78, 5) is 12.0. The lowest BCUT2D eigenvalue weighted by atomic mass is 10.1. The second kappa shape index (κ2) is 6.37. The number of nitrogens with two attached hydrogens (primary N) is 1. The van der Waals surface area contributed by atoms with E-state index in [0.717, 1.165) is 5.56 Å². The molecule has 4 nitrogen and oxygen atoms in total. The lowest BCUT2D eigenvalue weighted by Gasteiger charge is -2.13. The lowest BCUT2D eigenvalue weighted by Crippen LogP contribution is -2.37. The van der Waals surface area contributed by atoms with Crippen molar-refractivity contribution in [2.45, 2.75) is 19.4 Å². The number of carbonyl (C=O) groups is 1. The number of rotatable bonds is 4. The van der Waals surface area contributed by atoms with Gasteiger partial charge in [0, 0.05) is 5.69 Å². The van der Waals surface area contributed by atoms with Crippen LogP contribution in [-0.4, -0.2) is 17.1 Å². The van der Waals surface area contributed by atoms with Crippen LogP contribution in [0.1, 0.15) is 11.1 Å². The Labute approximate surface area is 122 Å². The summed E-state index contributed by atoms with van der Waals surface area (Å²) in [5.41, 5.74) is 7.57. The van der Waals surface area contributed by atoms with Crippen molar-refractivity contribution < 1.29 is 14.3 Å². The first-order valence-electron chi connectivity index (χ1n) is 6.56. The van der Waals surface area contributed by atoms with Gasteiger partial charge in [0.05, 0.1) is 6.04 Å². The topological polar surface area (TPSA) is 75.4 Å². The Morgan fingerprint density at radius 2 is 1.95 bits per heavy atom. The van der Waals surface area contributed by atoms with Crippen LogP contribution in [0.5, 0.6) is 5.75 Å². The van der Waals surface area contributed by atoms with Crippen LogP contribution in [0.2, 0.25) is 0 Å². The second-order valence-corrected chi connectivity index (χ2v) is 4.93. The van der Waals surface area contributed by atoms with Gasteiger partial charge in [0.1, 0.15) is 11.6 Å². The number of carbonyl (C=O) groups excluding carboxylic acids is 1. The quantitative estimate of drug-likeness (QED) is 0.808. The van der Waals surface area contributed by atoms with E-state index in [1.807, 2.05) is 0 Å². The first-order chi connectivity index (χ1) is 9.95. The molecule has 0 radical (unpaired) electrons. The van der Waals surface area contributed by atoms with Crippen molar-refractivity contribution in [3.8, 4) is 5.75 Å². The standard InChI is InChI=1S/C16H17FN2O2/c1-10-2-5-12(9-14(10)17)19-16(21)15(18)8-11-3-6-13(20)7-4-11/h2-7,9,15,20H,8,18H2,1H3,(H,19,21)/t15-/m1/s1. The Kier molecular flexibility index (Phi) is 4.55. The number of hydrogen-bond donors (Lipinski definition) is 3. The van der Waals surface area contributed by atoms with E-state index in [-0.39, 0.29) is 17.5 Å². The van der Waals surface area contributed by atoms with Crippen molar-refractivity contribution >= 4 is 11.6 Å². The number of halogens is 1. The highest BCUT2D eigenvalue weighted by molar-refractivity contribution is 5.94. The number of phenols is 1. The highest BCUT2D eigenvalue weighted by Gasteiger charge is 2.14. The van der Waals surface area contributed by atoms with E-state index in [9.17, 15) is 14.3 Å². The maximum absolute atomic E-state index is 13.4. The molecule has 0 saturated heterocycles. The van der Waals surface area contributed by atoms with E-state index < -0.39 is 6.04 Å². The molecule has 1 atom stereocenters. The molecule has 1 amide bonds. The van der Waals surface area contributed by atoms with Gasteiger partial charge in [-0.3, -0.25) is 4.79 Å². The van der Waals surface area contributed by atoms with Crippen LogP contribution >= 0.6 is 0 Å². The molecular formula is C16H17FN2O2. The third kappa shape index (κ3) is 4.03. The number of hydrogen-bond acceptors (Lipinski definition) is 3. The average molecular weight is 288 g/mol. The molecule has 4 N–H and O–H groups in total. The van der Waals surface area contributed by atoms with Crippen LogP contribution in [0.25, 0.3) is 0 Å². The van der Waals surface area contributed by atoms with Crippen molar-refractivity contribution in [1.29, 1.82) is 0 Å². The minimum absolute atomic E-state index is 0.159. The number of phenolic OH excluding ortho intramolecular Hbond substituents is 1. The van der Waals surface area contributed by atoms with Crippen molar-refractivity contribution in [2.24, 2.45) is 5.73 Å². The molecule has 0 aliphatic heterocycles. The first kappa shape index (κ1) is 15.0. The monoisotopic (exact) mass is 288 g/mol. The summed E-state index contributed by atoms with van der Waals surface area (Å²) in [5.74, 6) is -0.599. The molecule has 0 saturated carbocycles. The maximum atomic E-state index is 13.4. The molecule has 0 bridgehead atoms. The number of aromatic hydroxyl groups is 1. The third-order valence-electron chi connectivity index (χ3n) is 3.17. The van der Waals surface area contributed by atoms with Gasteiger partial charge < -0.3 is 16.2 Å². The normalized spacial score (nSPS) is 12.0. The fourth-order valence-electron chi connectivity index (χ4n) is 1.88. The van der Waals surface area contributed by atoms with Gasteiger partial charge in [-0.05, 0) is 48.7 Å². The van der Waals surface area contributed by atoms with Crippen LogP contribution < -0.4 is 11.1 Å². The molecule has 2 aromatic carbocycles. The zero-order valence-corrected chi connectivity index (χ0v) is 11.6. The largest absolute Gasteiger partial charge is 0.508 e. The third-order valence-corrected chi connectivity index (χ3v) is 3.17. The molecule has 0 spiro atoms. The summed E-state index contributed by atoms with van der Waals surface area (Å²) < 4.78 is 13.4. The summed E-state index contributed by atoms with van der Waals surface area (Å²) in [6.07, 6.45) is 0.334. The Balaban J connectivity index is 1.98. The first-order valence-corrected chi connectivity index (χ1v) is 6.56. The van der Waals surface area contributed by atoms with Crippen molar-refractivity contribution in [2.75, 3.05) is 5.32 Å². The van der Waals surface area contributed by atoms with Gasteiger partial charge >= 0.3 is 0 Å². The summed E-state index contributed by atoms with van der Waals surface area (Å²) in [6.45, 7) is 1.65. The van der Waals surface area contributed by atoms with Gasteiger partial charge in [0.15, 0.2) is 0 Å². The van der Waals surface area contributed by atoms with Gasteiger partial charge in [-0.15, -0.1) is 0 Å². The molecule has 2 rings (SSSR count).